The molecule has 1 nitrogen and oxygen atoms in total. The Morgan fingerprint density at radius 2 is 1.71 bits per heavy atom. The molecule has 0 atom stereocenters. The summed E-state index contributed by atoms with van der Waals surface area (Å²) in [5.74, 6) is -2.92. The minimum Gasteiger partial charge on any atom is -0.505 e. The Labute approximate surface area is 98.3 Å². The number of hydrogen-bond donors (Lipinski definition) is 1. The summed E-state index contributed by atoms with van der Waals surface area (Å²) in [5.41, 5.74) is 3.23. The van der Waals surface area contributed by atoms with Crippen LogP contribution >= 0.6 is 0 Å². The first-order valence-electron chi connectivity index (χ1n) is 5.24. The van der Waals surface area contributed by atoms with Crippen molar-refractivity contribution >= 4 is 0 Å². The molecule has 0 fully saturated rings. The molecule has 0 unspecified atom stereocenters. The summed E-state index contributed by atoms with van der Waals surface area (Å²) >= 11 is 0. The third-order valence-corrected chi connectivity index (χ3v) is 2.71. The highest BCUT2D eigenvalue weighted by molar-refractivity contribution is 5.69. The molecule has 2 aromatic carbocycles. The van der Waals surface area contributed by atoms with Crippen molar-refractivity contribution in [2.75, 3.05) is 0 Å². The molecule has 2 aromatic rings. The van der Waals surface area contributed by atoms with Crippen molar-refractivity contribution in [2.24, 2.45) is 0 Å². The third-order valence-electron chi connectivity index (χ3n) is 2.71. The minimum absolute atomic E-state index is 0.475. The number of rotatable bonds is 1. The molecule has 0 saturated heterocycles. The van der Waals surface area contributed by atoms with Gasteiger partial charge in [-0.05, 0) is 42.7 Å². The first-order valence-corrected chi connectivity index (χ1v) is 5.24. The lowest BCUT2D eigenvalue weighted by atomic mass is 9.98. The number of hydrogen-bond acceptors (Lipinski definition) is 1. The normalized spacial score (nSPS) is 10.6. The summed E-state index contributed by atoms with van der Waals surface area (Å²) in [6.07, 6.45) is 0. The van der Waals surface area contributed by atoms with Gasteiger partial charge in [-0.1, -0.05) is 23.8 Å². The van der Waals surface area contributed by atoms with E-state index in [1.807, 2.05) is 32.0 Å². The van der Waals surface area contributed by atoms with Gasteiger partial charge in [0.05, 0.1) is 0 Å². The average Bonchev–Trinajstić information content (AvgIpc) is 2.28. The minimum atomic E-state index is -1.21. The Morgan fingerprint density at radius 1 is 1.00 bits per heavy atom. The molecule has 0 aliphatic heterocycles. The van der Waals surface area contributed by atoms with E-state index < -0.39 is 17.4 Å². The van der Waals surface area contributed by atoms with Gasteiger partial charge in [0.1, 0.15) is 0 Å². The Bertz CT molecular complexity index is 553. The SMILES string of the molecule is Cc1ccc(C)c(-c2cc(O)c(F)c(F)c2)c1. The zero-order valence-electron chi connectivity index (χ0n) is 9.59. The van der Waals surface area contributed by atoms with Gasteiger partial charge < -0.3 is 5.11 Å². The van der Waals surface area contributed by atoms with Gasteiger partial charge in [-0.2, -0.15) is 4.39 Å². The molecule has 0 aliphatic rings. The number of phenolic OH excluding ortho intramolecular Hbond substituents is 1. The molecular formula is C14H12F2O. The summed E-state index contributed by atoms with van der Waals surface area (Å²) in [5, 5.41) is 9.29. The topological polar surface area (TPSA) is 20.2 Å². The van der Waals surface area contributed by atoms with Gasteiger partial charge in [-0.25, -0.2) is 4.39 Å². The van der Waals surface area contributed by atoms with Crippen molar-refractivity contribution in [2.45, 2.75) is 13.8 Å². The summed E-state index contributed by atoms with van der Waals surface area (Å²) in [6, 6.07) is 8.06. The summed E-state index contributed by atoms with van der Waals surface area (Å²) in [4.78, 5) is 0. The van der Waals surface area contributed by atoms with Crippen LogP contribution in [0.5, 0.6) is 5.75 Å². The van der Waals surface area contributed by atoms with Gasteiger partial charge in [-0.3, -0.25) is 0 Å². The molecule has 0 heterocycles. The van der Waals surface area contributed by atoms with Crippen molar-refractivity contribution < 1.29 is 13.9 Å². The Hall–Kier alpha value is -1.90. The predicted octanol–water partition coefficient (Wildman–Crippen LogP) is 3.95. The van der Waals surface area contributed by atoms with E-state index in [9.17, 15) is 13.9 Å². The molecule has 2 rings (SSSR count). The van der Waals surface area contributed by atoms with Gasteiger partial charge >= 0.3 is 0 Å². The monoisotopic (exact) mass is 234 g/mol. The summed E-state index contributed by atoms with van der Waals surface area (Å²) in [6.45, 7) is 3.80. The van der Waals surface area contributed by atoms with Gasteiger partial charge in [0.25, 0.3) is 0 Å². The van der Waals surface area contributed by atoms with Crippen LogP contribution in [0.3, 0.4) is 0 Å². The second-order valence-electron chi connectivity index (χ2n) is 4.11. The maximum atomic E-state index is 13.2. The standard InChI is InChI=1S/C14H12F2O/c1-8-3-4-9(2)11(5-8)10-6-12(15)14(16)13(17)7-10/h3-7,17H,1-2H3. The Balaban J connectivity index is 2.64. The molecule has 3 heteroatoms. The smallest absolute Gasteiger partial charge is 0.200 e. The number of aromatic hydroxyl groups is 1. The molecule has 0 amide bonds. The van der Waals surface area contributed by atoms with Crippen LogP contribution in [0.2, 0.25) is 0 Å². The van der Waals surface area contributed by atoms with E-state index in [0.717, 1.165) is 22.8 Å². The second kappa shape index (κ2) is 4.17. The van der Waals surface area contributed by atoms with Crippen molar-refractivity contribution in [3.05, 3.63) is 53.1 Å². The maximum absolute atomic E-state index is 13.2. The lowest BCUT2D eigenvalue weighted by molar-refractivity contribution is 0.407. The highest BCUT2D eigenvalue weighted by atomic mass is 19.2. The second-order valence-corrected chi connectivity index (χ2v) is 4.11. The highest BCUT2D eigenvalue weighted by Crippen LogP contribution is 2.30. The molecule has 0 spiro atoms. The van der Waals surface area contributed by atoms with E-state index in [1.165, 1.54) is 6.07 Å². The molecular weight excluding hydrogens is 222 g/mol. The first-order chi connectivity index (χ1) is 7.99. The fraction of sp³-hybridized carbons (Fsp3) is 0.143. The van der Waals surface area contributed by atoms with Crippen molar-refractivity contribution in [1.29, 1.82) is 0 Å². The summed E-state index contributed by atoms with van der Waals surface area (Å²) in [7, 11) is 0. The van der Waals surface area contributed by atoms with Crippen LogP contribution < -0.4 is 0 Å². The quantitative estimate of drug-likeness (QED) is 0.792. The van der Waals surface area contributed by atoms with E-state index in [1.54, 1.807) is 0 Å². The zero-order chi connectivity index (χ0) is 12.6. The molecule has 0 radical (unpaired) electrons. The fourth-order valence-electron chi connectivity index (χ4n) is 1.78. The van der Waals surface area contributed by atoms with E-state index in [2.05, 4.69) is 0 Å². The molecule has 1 N–H and O–H groups in total. The molecule has 0 aromatic heterocycles. The maximum Gasteiger partial charge on any atom is 0.200 e. The first kappa shape index (κ1) is 11.6. The average molecular weight is 234 g/mol. The lowest BCUT2D eigenvalue weighted by Crippen LogP contribution is -1.90. The molecule has 17 heavy (non-hydrogen) atoms. The summed E-state index contributed by atoms with van der Waals surface area (Å²) < 4.78 is 26.2. The largest absolute Gasteiger partial charge is 0.505 e. The van der Waals surface area contributed by atoms with Crippen LogP contribution in [0.1, 0.15) is 11.1 Å². The van der Waals surface area contributed by atoms with Crippen LogP contribution in [-0.2, 0) is 0 Å². The fourth-order valence-corrected chi connectivity index (χ4v) is 1.78. The van der Waals surface area contributed by atoms with Crippen molar-refractivity contribution in [3.8, 4) is 16.9 Å². The van der Waals surface area contributed by atoms with Crippen LogP contribution in [0.15, 0.2) is 30.3 Å². The number of aryl methyl sites for hydroxylation is 2. The van der Waals surface area contributed by atoms with Gasteiger partial charge in [0.2, 0.25) is 0 Å². The Morgan fingerprint density at radius 3 is 2.35 bits per heavy atom. The van der Waals surface area contributed by atoms with Crippen LogP contribution in [-0.4, -0.2) is 5.11 Å². The van der Waals surface area contributed by atoms with Crippen molar-refractivity contribution in [1.82, 2.24) is 0 Å². The number of halogens is 2. The molecule has 0 aliphatic carbocycles. The van der Waals surface area contributed by atoms with Gasteiger partial charge in [0.15, 0.2) is 17.4 Å². The van der Waals surface area contributed by atoms with E-state index in [-0.39, 0.29) is 0 Å². The third kappa shape index (κ3) is 2.13. The highest BCUT2D eigenvalue weighted by Gasteiger charge is 2.12. The van der Waals surface area contributed by atoms with E-state index in [4.69, 9.17) is 0 Å². The lowest BCUT2D eigenvalue weighted by Gasteiger charge is -2.08. The van der Waals surface area contributed by atoms with E-state index >= 15 is 0 Å². The predicted molar refractivity (Wildman–Crippen MR) is 62.9 cm³/mol. The van der Waals surface area contributed by atoms with Crippen LogP contribution in [0.4, 0.5) is 8.78 Å². The number of benzene rings is 2. The zero-order valence-corrected chi connectivity index (χ0v) is 9.59. The molecule has 0 saturated carbocycles. The van der Waals surface area contributed by atoms with Crippen LogP contribution in [0.25, 0.3) is 11.1 Å². The van der Waals surface area contributed by atoms with Gasteiger partial charge in [-0.15, -0.1) is 0 Å². The molecule has 88 valence electrons. The molecule has 0 bridgehead atoms. The Kier molecular flexibility index (Phi) is 2.84. The van der Waals surface area contributed by atoms with E-state index in [0.29, 0.717) is 5.56 Å². The van der Waals surface area contributed by atoms with Crippen molar-refractivity contribution in [3.63, 3.8) is 0 Å². The number of phenols is 1. The van der Waals surface area contributed by atoms with Gasteiger partial charge in [0, 0.05) is 0 Å². The van der Waals surface area contributed by atoms with Crippen LogP contribution in [0, 0.1) is 25.5 Å².